The summed E-state index contributed by atoms with van der Waals surface area (Å²) >= 11 is 1.40. The second kappa shape index (κ2) is 4.13. The van der Waals surface area contributed by atoms with E-state index in [4.69, 9.17) is 5.11 Å². The first-order chi connectivity index (χ1) is 7.59. The molecule has 0 aliphatic heterocycles. The lowest BCUT2D eigenvalue weighted by Gasteiger charge is -2.11. The van der Waals surface area contributed by atoms with E-state index in [1.807, 2.05) is 6.92 Å². The molecule has 6 heteroatoms. The van der Waals surface area contributed by atoms with Gasteiger partial charge < -0.3 is 5.11 Å². The lowest BCUT2D eigenvalue weighted by atomic mass is 9.97. The van der Waals surface area contributed by atoms with E-state index in [-0.39, 0.29) is 5.92 Å². The highest BCUT2D eigenvalue weighted by atomic mass is 32.1. The molecular formula is C10H11N3O2S. The molecule has 2 heterocycles. The van der Waals surface area contributed by atoms with E-state index in [9.17, 15) is 4.79 Å². The van der Waals surface area contributed by atoms with Gasteiger partial charge in [-0.1, -0.05) is 25.2 Å². The van der Waals surface area contributed by atoms with Crippen molar-refractivity contribution < 1.29 is 9.90 Å². The molecule has 1 N–H and O–H groups in total. The van der Waals surface area contributed by atoms with Gasteiger partial charge in [0.25, 0.3) is 0 Å². The Morgan fingerprint density at radius 2 is 2.06 bits per heavy atom. The van der Waals surface area contributed by atoms with Gasteiger partial charge >= 0.3 is 5.97 Å². The number of nitrogens with zero attached hydrogens (tertiary/aromatic N) is 3. The van der Waals surface area contributed by atoms with Crippen LogP contribution in [0, 0.1) is 5.92 Å². The number of thiazole rings is 1. The minimum Gasteiger partial charge on any atom is -0.481 e. The van der Waals surface area contributed by atoms with Gasteiger partial charge in [0.2, 0.25) is 0 Å². The van der Waals surface area contributed by atoms with Crippen LogP contribution in [0.4, 0.5) is 0 Å². The van der Waals surface area contributed by atoms with Crippen LogP contribution in [0.25, 0.3) is 10.5 Å². The van der Waals surface area contributed by atoms with Crippen LogP contribution in [0.2, 0.25) is 0 Å². The van der Waals surface area contributed by atoms with Gasteiger partial charge in [-0.05, 0) is 0 Å². The third-order valence-corrected chi connectivity index (χ3v) is 3.75. The van der Waals surface area contributed by atoms with Gasteiger partial charge in [-0.2, -0.15) is 0 Å². The molecule has 2 aromatic rings. The number of aliphatic carboxylic acids is 1. The molecular weight excluding hydrogens is 226 g/mol. The van der Waals surface area contributed by atoms with E-state index in [1.165, 1.54) is 11.3 Å². The normalized spacial score (nSPS) is 14.9. The molecule has 0 saturated heterocycles. The summed E-state index contributed by atoms with van der Waals surface area (Å²) in [5, 5.41) is 9.71. The number of rotatable bonds is 3. The third-order valence-electron chi connectivity index (χ3n) is 2.59. The van der Waals surface area contributed by atoms with E-state index < -0.39 is 11.9 Å². The number of carboxylic acids is 1. The SMILES string of the molecule is CC(C(=O)O)C(C)c1nc2nccnc2s1. The molecule has 5 nitrogen and oxygen atoms in total. The van der Waals surface area contributed by atoms with Gasteiger partial charge in [0.1, 0.15) is 5.01 Å². The fraction of sp³-hybridized carbons (Fsp3) is 0.400. The standard InChI is InChI=1S/C10H11N3O2S/c1-5(6(2)10(14)15)8-13-7-9(16-8)12-4-3-11-7/h3-6H,1-2H3,(H,14,15). The zero-order chi connectivity index (χ0) is 11.7. The molecule has 2 atom stereocenters. The summed E-state index contributed by atoms with van der Waals surface area (Å²) in [6, 6.07) is 0. The number of hydrogen-bond donors (Lipinski definition) is 1. The Balaban J connectivity index is 2.36. The zero-order valence-corrected chi connectivity index (χ0v) is 9.73. The van der Waals surface area contributed by atoms with Crippen LogP contribution in [0.1, 0.15) is 24.8 Å². The maximum Gasteiger partial charge on any atom is 0.306 e. The fourth-order valence-corrected chi connectivity index (χ4v) is 2.34. The van der Waals surface area contributed by atoms with Gasteiger partial charge in [0, 0.05) is 18.3 Å². The van der Waals surface area contributed by atoms with E-state index in [1.54, 1.807) is 19.3 Å². The molecule has 0 radical (unpaired) electrons. The maximum absolute atomic E-state index is 10.9. The van der Waals surface area contributed by atoms with Crippen molar-refractivity contribution in [3.05, 3.63) is 17.4 Å². The van der Waals surface area contributed by atoms with Gasteiger partial charge in [-0.3, -0.25) is 4.79 Å². The highest BCUT2D eigenvalue weighted by Gasteiger charge is 2.24. The average Bonchev–Trinajstić information content (AvgIpc) is 2.70. The lowest BCUT2D eigenvalue weighted by molar-refractivity contribution is -0.141. The molecule has 0 aliphatic rings. The van der Waals surface area contributed by atoms with Crippen LogP contribution in [-0.4, -0.2) is 26.0 Å². The Bertz CT molecular complexity index is 493. The molecule has 0 fully saturated rings. The van der Waals surface area contributed by atoms with E-state index in [0.717, 1.165) is 9.84 Å². The monoisotopic (exact) mass is 237 g/mol. The van der Waals surface area contributed by atoms with Crippen LogP contribution in [0.15, 0.2) is 12.4 Å². The molecule has 2 aromatic heterocycles. The molecule has 0 spiro atoms. The Morgan fingerprint density at radius 1 is 1.38 bits per heavy atom. The van der Waals surface area contributed by atoms with Crippen LogP contribution in [-0.2, 0) is 4.79 Å². The van der Waals surface area contributed by atoms with Crippen LogP contribution in [0.5, 0.6) is 0 Å². The number of aromatic nitrogens is 3. The second-order valence-electron chi connectivity index (χ2n) is 3.65. The van der Waals surface area contributed by atoms with Gasteiger partial charge in [0.15, 0.2) is 10.5 Å². The van der Waals surface area contributed by atoms with Crippen molar-refractivity contribution in [3.63, 3.8) is 0 Å². The van der Waals surface area contributed by atoms with Crippen LogP contribution < -0.4 is 0 Å². The molecule has 0 aromatic carbocycles. The van der Waals surface area contributed by atoms with Crippen molar-refractivity contribution in [1.29, 1.82) is 0 Å². The summed E-state index contributed by atoms with van der Waals surface area (Å²) in [5.74, 6) is -1.40. The smallest absolute Gasteiger partial charge is 0.306 e. The van der Waals surface area contributed by atoms with E-state index in [2.05, 4.69) is 15.0 Å². The van der Waals surface area contributed by atoms with Crippen LogP contribution >= 0.6 is 11.3 Å². The minimum atomic E-state index is -0.812. The summed E-state index contributed by atoms with van der Waals surface area (Å²) in [7, 11) is 0. The summed E-state index contributed by atoms with van der Waals surface area (Å²) < 4.78 is 0. The number of carbonyl (C=O) groups is 1. The zero-order valence-electron chi connectivity index (χ0n) is 8.91. The topological polar surface area (TPSA) is 76.0 Å². The summed E-state index contributed by atoms with van der Waals surface area (Å²) in [6.45, 7) is 3.54. The number of carboxylic acid groups (broad SMARTS) is 1. The summed E-state index contributed by atoms with van der Waals surface area (Å²) in [4.78, 5) is 24.1. The van der Waals surface area contributed by atoms with Crippen molar-refractivity contribution in [2.24, 2.45) is 5.92 Å². The van der Waals surface area contributed by atoms with Gasteiger partial charge in [-0.15, -0.1) is 0 Å². The third kappa shape index (κ3) is 1.88. The first kappa shape index (κ1) is 10.9. The first-order valence-corrected chi connectivity index (χ1v) is 5.71. The molecule has 2 unspecified atom stereocenters. The predicted molar refractivity (Wildman–Crippen MR) is 60.4 cm³/mol. The van der Waals surface area contributed by atoms with Gasteiger partial charge in [0.05, 0.1) is 5.92 Å². The Labute approximate surface area is 96.2 Å². The molecule has 0 bridgehead atoms. The average molecular weight is 237 g/mol. The van der Waals surface area contributed by atoms with Crippen molar-refractivity contribution in [2.75, 3.05) is 0 Å². The lowest BCUT2D eigenvalue weighted by Crippen LogP contribution is -2.16. The second-order valence-corrected chi connectivity index (χ2v) is 4.66. The Hall–Kier alpha value is -1.56. The largest absolute Gasteiger partial charge is 0.481 e. The van der Waals surface area contributed by atoms with Crippen molar-refractivity contribution in [1.82, 2.24) is 15.0 Å². The van der Waals surface area contributed by atoms with Crippen molar-refractivity contribution in [2.45, 2.75) is 19.8 Å². The Kier molecular flexibility index (Phi) is 2.82. The van der Waals surface area contributed by atoms with Crippen LogP contribution in [0.3, 0.4) is 0 Å². The quantitative estimate of drug-likeness (QED) is 0.882. The highest BCUT2D eigenvalue weighted by molar-refractivity contribution is 7.18. The minimum absolute atomic E-state index is 0.126. The fourth-order valence-electron chi connectivity index (χ4n) is 1.32. The van der Waals surface area contributed by atoms with Crippen molar-refractivity contribution in [3.8, 4) is 0 Å². The maximum atomic E-state index is 10.9. The summed E-state index contributed by atoms with van der Waals surface area (Å²) in [5.41, 5.74) is 0.590. The molecule has 16 heavy (non-hydrogen) atoms. The van der Waals surface area contributed by atoms with Crippen molar-refractivity contribution >= 4 is 27.8 Å². The van der Waals surface area contributed by atoms with E-state index in [0.29, 0.717) is 5.65 Å². The summed E-state index contributed by atoms with van der Waals surface area (Å²) in [6.07, 6.45) is 3.19. The molecule has 0 aliphatic carbocycles. The van der Waals surface area contributed by atoms with Gasteiger partial charge in [-0.25, -0.2) is 15.0 Å². The molecule has 0 saturated carbocycles. The number of fused-ring (bicyclic) bond motifs is 1. The first-order valence-electron chi connectivity index (χ1n) is 4.90. The highest BCUT2D eigenvalue weighted by Crippen LogP contribution is 2.29. The Morgan fingerprint density at radius 3 is 2.69 bits per heavy atom. The molecule has 84 valence electrons. The number of hydrogen-bond acceptors (Lipinski definition) is 5. The molecule has 2 rings (SSSR count). The molecule has 0 amide bonds. The predicted octanol–water partition coefficient (Wildman–Crippen LogP) is 1.91. The van der Waals surface area contributed by atoms with E-state index >= 15 is 0 Å².